The van der Waals surface area contributed by atoms with Gasteiger partial charge < -0.3 is 10.1 Å². The molecular formula is C21H20ClNO. The van der Waals surface area contributed by atoms with E-state index in [4.69, 9.17) is 16.3 Å². The quantitative estimate of drug-likeness (QED) is 0.463. The Morgan fingerprint density at radius 1 is 1.00 bits per heavy atom. The van der Waals surface area contributed by atoms with E-state index in [-0.39, 0.29) is 0 Å². The maximum absolute atomic E-state index is 6.22. The molecule has 0 atom stereocenters. The molecule has 0 saturated carbocycles. The summed E-state index contributed by atoms with van der Waals surface area (Å²) in [5, 5.41) is 6.50. The molecule has 3 aromatic carbocycles. The third kappa shape index (κ3) is 3.78. The Labute approximate surface area is 147 Å². The molecule has 3 heteroatoms. The molecule has 0 unspecified atom stereocenters. The standard InChI is InChI=1S/C21H20ClNO/c1-2-13-23-14-19-18-9-5-3-7-16(18)11-12-21(19)24-15-17-8-4-6-10-20(17)22/h2-12,23H,1,13-15H2. The van der Waals surface area contributed by atoms with E-state index in [1.54, 1.807) is 0 Å². The van der Waals surface area contributed by atoms with Crippen LogP contribution in [0.3, 0.4) is 0 Å². The zero-order valence-corrected chi connectivity index (χ0v) is 14.2. The van der Waals surface area contributed by atoms with E-state index in [1.807, 2.05) is 42.5 Å². The van der Waals surface area contributed by atoms with Crippen LogP contribution in [0.15, 0.2) is 73.3 Å². The summed E-state index contributed by atoms with van der Waals surface area (Å²) in [5.74, 6) is 0.880. The van der Waals surface area contributed by atoms with Crippen molar-refractivity contribution in [3.63, 3.8) is 0 Å². The SMILES string of the molecule is C=CCNCc1c(OCc2ccccc2Cl)ccc2ccccc12. The predicted octanol–water partition coefficient (Wildman–Crippen LogP) is 5.35. The molecule has 0 bridgehead atoms. The van der Waals surface area contributed by atoms with Gasteiger partial charge in [0.1, 0.15) is 12.4 Å². The molecule has 2 nitrogen and oxygen atoms in total. The van der Waals surface area contributed by atoms with E-state index in [0.717, 1.165) is 35.0 Å². The van der Waals surface area contributed by atoms with Crippen molar-refractivity contribution in [3.05, 3.63) is 89.5 Å². The van der Waals surface area contributed by atoms with Gasteiger partial charge >= 0.3 is 0 Å². The van der Waals surface area contributed by atoms with Crippen molar-refractivity contribution in [2.24, 2.45) is 0 Å². The Hall–Kier alpha value is -2.29. The summed E-state index contributed by atoms with van der Waals surface area (Å²) >= 11 is 6.22. The van der Waals surface area contributed by atoms with Crippen molar-refractivity contribution >= 4 is 22.4 Å². The first-order valence-electron chi connectivity index (χ1n) is 7.98. The van der Waals surface area contributed by atoms with Crippen molar-refractivity contribution in [2.75, 3.05) is 6.54 Å². The zero-order valence-electron chi connectivity index (χ0n) is 13.5. The molecule has 0 spiro atoms. The minimum absolute atomic E-state index is 0.451. The molecule has 3 aromatic rings. The van der Waals surface area contributed by atoms with Gasteiger partial charge in [0, 0.05) is 29.2 Å². The van der Waals surface area contributed by atoms with Crippen LogP contribution in [0.5, 0.6) is 5.75 Å². The maximum atomic E-state index is 6.22. The second-order valence-electron chi connectivity index (χ2n) is 5.56. The van der Waals surface area contributed by atoms with Crippen LogP contribution in [-0.2, 0) is 13.2 Å². The fourth-order valence-electron chi connectivity index (χ4n) is 2.70. The van der Waals surface area contributed by atoms with Crippen molar-refractivity contribution in [1.82, 2.24) is 5.32 Å². The van der Waals surface area contributed by atoms with Gasteiger partial charge in [0.15, 0.2) is 0 Å². The smallest absolute Gasteiger partial charge is 0.124 e. The van der Waals surface area contributed by atoms with E-state index in [1.165, 1.54) is 10.8 Å². The fourth-order valence-corrected chi connectivity index (χ4v) is 2.89. The number of hydrogen-bond acceptors (Lipinski definition) is 2. The van der Waals surface area contributed by atoms with Gasteiger partial charge in [-0.2, -0.15) is 0 Å². The topological polar surface area (TPSA) is 21.3 Å². The first kappa shape index (κ1) is 16.6. The molecule has 3 rings (SSSR count). The molecule has 1 N–H and O–H groups in total. The molecule has 0 amide bonds. The van der Waals surface area contributed by atoms with Gasteiger partial charge in [0.05, 0.1) is 0 Å². The van der Waals surface area contributed by atoms with Crippen LogP contribution in [0.4, 0.5) is 0 Å². The first-order chi connectivity index (χ1) is 11.8. The van der Waals surface area contributed by atoms with Gasteiger partial charge in [0.25, 0.3) is 0 Å². The normalized spacial score (nSPS) is 10.7. The molecule has 0 aliphatic rings. The lowest BCUT2D eigenvalue weighted by Gasteiger charge is -2.15. The van der Waals surface area contributed by atoms with Crippen molar-refractivity contribution in [1.29, 1.82) is 0 Å². The molecule has 0 radical (unpaired) electrons. The van der Waals surface area contributed by atoms with Crippen molar-refractivity contribution in [2.45, 2.75) is 13.2 Å². The molecule has 24 heavy (non-hydrogen) atoms. The number of ether oxygens (including phenoxy) is 1. The summed E-state index contributed by atoms with van der Waals surface area (Å²) < 4.78 is 6.09. The number of benzene rings is 3. The van der Waals surface area contributed by atoms with Crippen LogP contribution in [0.2, 0.25) is 5.02 Å². The summed E-state index contributed by atoms with van der Waals surface area (Å²) in [6.45, 7) is 5.69. The molecule has 0 heterocycles. The minimum atomic E-state index is 0.451. The monoisotopic (exact) mass is 337 g/mol. The number of rotatable bonds is 7. The van der Waals surface area contributed by atoms with Crippen molar-refractivity contribution in [3.8, 4) is 5.75 Å². The number of nitrogens with one attached hydrogen (secondary N) is 1. The third-order valence-corrected chi connectivity index (χ3v) is 4.30. The van der Waals surface area contributed by atoms with Gasteiger partial charge in [-0.25, -0.2) is 0 Å². The Morgan fingerprint density at radius 2 is 1.79 bits per heavy atom. The number of hydrogen-bond donors (Lipinski definition) is 1. The highest BCUT2D eigenvalue weighted by atomic mass is 35.5. The highest BCUT2D eigenvalue weighted by Gasteiger charge is 2.09. The first-order valence-corrected chi connectivity index (χ1v) is 8.36. The van der Waals surface area contributed by atoms with Gasteiger partial charge in [0.2, 0.25) is 0 Å². The lowest BCUT2D eigenvalue weighted by molar-refractivity contribution is 0.303. The van der Waals surface area contributed by atoms with E-state index < -0.39 is 0 Å². The molecule has 0 aromatic heterocycles. The highest BCUT2D eigenvalue weighted by Crippen LogP contribution is 2.29. The van der Waals surface area contributed by atoms with Gasteiger partial charge in [-0.1, -0.05) is 66.2 Å². The molecule has 122 valence electrons. The van der Waals surface area contributed by atoms with Crippen molar-refractivity contribution < 1.29 is 4.74 Å². The predicted molar refractivity (Wildman–Crippen MR) is 102 cm³/mol. The average molecular weight is 338 g/mol. The molecule has 0 aliphatic carbocycles. The number of fused-ring (bicyclic) bond motifs is 1. The lowest BCUT2D eigenvalue weighted by Crippen LogP contribution is -2.14. The summed E-state index contributed by atoms with van der Waals surface area (Å²) in [4.78, 5) is 0. The minimum Gasteiger partial charge on any atom is -0.488 e. The highest BCUT2D eigenvalue weighted by molar-refractivity contribution is 6.31. The van der Waals surface area contributed by atoms with Gasteiger partial charge in [-0.15, -0.1) is 6.58 Å². The van der Waals surface area contributed by atoms with E-state index in [9.17, 15) is 0 Å². The summed E-state index contributed by atoms with van der Waals surface area (Å²) in [7, 11) is 0. The molecule has 0 saturated heterocycles. The number of halogens is 1. The average Bonchev–Trinajstić information content (AvgIpc) is 2.62. The Kier molecular flexibility index (Phi) is 5.52. The third-order valence-electron chi connectivity index (χ3n) is 3.93. The van der Waals surface area contributed by atoms with Crippen LogP contribution in [0.1, 0.15) is 11.1 Å². The van der Waals surface area contributed by atoms with Crippen LogP contribution in [-0.4, -0.2) is 6.54 Å². The largest absolute Gasteiger partial charge is 0.488 e. The lowest BCUT2D eigenvalue weighted by atomic mass is 10.0. The van der Waals surface area contributed by atoms with Crippen LogP contribution < -0.4 is 10.1 Å². The summed E-state index contributed by atoms with van der Waals surface area (Å²) in [5.41, 5.74) is 2.14. The fraction of sp³-hybridized carbons (Fsp3) is 0.143. The van der Waals surface area contributed by atoms with E-state index in [0.29, 0.717) is 6.61 Å². The van der Waals surface area contributed by atoms with E-state index >= 15 is 0 Å². The summed E-state index contributed by atoms with van der Waals surface area (Å²) in [6.07, 6.45) is 1.86. The van der Waals surface area contributed by atoms with E-state index in [2.05, 4.69) is 36.2 Å². The van der Waals surface area contributed by atoms with Crippen LogP contribution in [0, 0.1) is 0 Å². The Morgan fingerprint density at radius 3 is 2.62 bits per heavy atom. The summed E-state index contributed by atoms with van der Waals surface area (Å²) in [6, 6.07) is 20.2. The molecule has 0 fully saturated rings. The molecule has 0 aliphatic heterocycles. The maximum Gasteiger partial charge on any atom is 0.124 e. The zero-order chi connectivity index (χ0) is 16.8. The van der Waals surface area contributed by atoms with Gasteiger partial charge in [-0.3, -0.25) is 0 Å². The second-order valence-corrected chi connectivity index (χ2v) is 5.97. The van der Waals surface area contributed by atoms with Crippen LogP contribution >= 0.6 is 11.6 Å². The second kappa shape index (κ2) is 8.00. The Bertz CT molecular complexity index is 844. The van der Waals surface area contributed by atoms with Crippen LogP contribution in [0.25, 0.3) is 10.8 Å². The Balaban J connectivity index is 1.89. The van der Waals surface area contributed by atoms with Gasteiger partial charge in [-0.05, 0) is 22.9 Å². The molecular weight excluding hydrogens is 318 g/mol.